The van der Waals surface area contributed by atoms with E-state index in [1.807, 2.05) is 0 Å². The molecular formula is C16H21FN2O2. The minimum atomic E-state index is -0.578. The predicted octanol–water partition coefficient (Wildman–Crippen LogP) is 4.36. The molecule has 0 aliphatic heterocycles. The van der Waals surface area contributed by atoms with Crippen molar-refractivity contribution in [3.8, 4) is 0 Å². The zero-order chi connectivity index (χ0) is 15.4. The van der Waals surface area contributed by atoms with Crippen molar-refractivity contribution in [3.05, 3.63) is 34.1 Å². The largest absolute Gasteiger partial charge is 0.376 e. The Bertz CT molecular complexity index is 597. The highest BCUT2D eigenvalue weighted by Crippen LogP contribution is 2.63. The van der Waals surface area contributed by atoms with Crippen LogP contribution in [0.1, 0.15) is 40.0 Å². The van der Waals surface area contributed by atoms with Crippen molar-refractivity contribution < 1.29 is 9.31 Å². The van der Waals surface area contributed by atoms with Gasteiger partial charge in [-0.05, 0) is 48.1 Å². The van der Waals surface area contributed by atoms with Crippen molar-refractivity contribution in [1.82, 2.24) is 0 Å². The average molecular weight is 292 g/mol. The zero-order valence-corrected chi connectivity index (χ0v) is 12.6. The summed E-state index contributed by atoms with van der Waals surface area (Å²) in [4.78, 5) is 10.6. The van der Waals surface area contributed by atoms with E-state index < -0.39 is 10.7 Å². The Kier molecular flexibility index (Phi) is 3.01. The Morgan fingerprint density at radius 2 is 2.10 bits per heavy atom. The van der Waals surface area contributed by atoms with E-state index in [1.54, 1.807) is 0 Å². The summed E-state index contributed by atoms with van der Waals surface area (Å²) in [6.45, 7) is 6.72. The van der Waals surface area contributed by atoms with Crippen LogP contribution in [0.4, 0.5) is 15.8 Å². The van der Waals surface area contributed by atoms with Gasteiger partial charge >= 0.3 is 0 Å². The van der Waals surface area contributed by atoms with E-state index in [9.17, 15) is 14.5 Å². The van der Waals surface area contributed by atoms with Crippen LogP contribution in [0, 0.1) is 32.7 Å². The number of hydrogen-bond acceptors (Lipinski definition) is 3. The molecule has 0 heterocycles. The first kappa shape index (κ1) is 14.3. The smallest absolute Gasteiger partial charge is 0.295 e. The van der Waals surface area contributed by atoms with E-state index in [4.69, 9.17) is 0 Å². The van der Waals surface area contributed by atoms with E-state index in [0.717, 1.165) is 18.9 Å². The fourth-order valence-corrected chi connectivity index (χ4v) is 4.60. The van der Waals surface area contributed by atoms with Gasteiger partial charge in [0.15, 0.2) is 0 Å². The molecule has 0 aromatic heterocycles. The van der Waals surface area contributed by atoms with Gasteiger partial charge < -0.3 is 5.32 Å². The maximum Gasteiger partial charge on any atom is 0.295 e. The number of hydrogen-bond donors (Lipinski definition) is 1. The molecule has 5 heteroatoms. The van der Waals surface area contributed by atoms with Crippen LogP contribution >= 0.6 is 0 Å². The molecule has 0 amide bonds. The third kappa shape index (κ3) is 2.10. The highest BCUT2D eigenvalue weighted by Gasteiger charge is 2.59. The summed E-state index contributed by atoms with van der Waals surface area (Å²) < 4.78 is 13.3. The molecule has 3 atom stereocenters. The van der Waals surface area contributed by atoms with E-state index in [-0.39, 0.29) is 22.6 Å². The van der Waals surface area contributed by atoms with Gasteiger partial charge in [0.05, 0.1) is 11.0 Å². The van der Waals surface area contributed by atoms with Crippen LogP contribution in [0.15, 0.2) is 18.2 Å². The third-order valence-electron chi connectivity index (χ3n) is 5.73. The number of anilines is 1. The summed E-state index contributed by atoms with van der Waals surface area (Å²) in [5, 5.41) is 14.5. The molecule has 2 aliphatic rings. The third-order valence-corrected chi connectivity index (χ3v) is 5.73. The predicted molar refractivity (Wildman–Crippen MR) is 79.7 cm³/mol. The molecule has 1 N–H and O–H groups in total. The van der Waals surface area contributed by atoms with Crippen molar-refractivity contribution >= 4 is 11.4 Å². The van der Waals surface area contributed by atoms with Gasteiger partial charge in [-0.2, -0.15) is 0 Å². The number of nitrogens with zero attached hydrogens (tertiary/aromatic N) is 1. The monoisotopic (exact) mass is 292 g/mol. The van der Waals surface area contributed by atoms with Gasteiger partial charge in [0.1, 0.15) is 11.5 Å². The molecular weight excluding hydrogens is 271 g/mol. The van der Waals surface area contributed by atoms with Crippen LogP contribution in [0.3, 0.4) is 0 Å². The molecule has 21 heavy (non-hydrogen) atoms. The first-order valence-electron chi connectivity index (χ1n) is 7.44. The first-order valence-corrected chi connectivity index (χ1v) is 7.44. The topological polar surface area (TPSA) is 55.2 Å². The van der Waals surface area contributed by atoms with Gasteiger partial charge in [-0.25, -0.2) is 4.39 Å². The Morgan fingerprint density at radius 3 is 2.67 bits per heavy atom. The van der Waals surface area contributed by atoms with E-state index >= 15 is 0 Å². The summed E-state index contributed by atoms with van der Waals surface area (Å²) in [5.41, 5.74) is 0.497. The molecule has 4 nitrogen and oxygen atoms in total. The molecule has 1 aromatic rings. The fraction of sp³-hybridized carbons (Fsp3) is 0.625. The Labute approximate surface area is 123 Å². The van der Waals surface area contributed by atoms with Gasteiger partial charge in [-0.3, -0.25) is 10.1 Å². The maximum absolute atomic E-state index is 13.3. The average Bonchev–Trinajstić information content (AvgIpc) is 2.87. The normalized spacial score (nSPS) is 33.1. The SMILES string of the molecule is CC1(C)C(Nc2ccc(F)cc2[N+](=O)[O-])[C@]2(C)CC[C@H]1C2. The fourth-order valence-electron chi connectivity index (χ4n) is 4.60. The number of benzene rings is 1. The quantitative estimate of drug-likeness (QED) is 0.665. The van der Waals surface area contributed by atoms with Crippen LogP contribution in [0.25, 0.3) is 0 Å². The second-order valence-electron chi connectivity index (χ2n) is 7.41. The van der Waals surface area contributed by atoms with Crippen LogP contribution in [0.2, 0.25) is 0 Å². The minimum absolute atomic E-state index is 0.0925. The molecule has 3 rings (SSSR count). The lowest BCUT2D eigenvalue weighted by Crippen LogP contribution is -2.45. The molecule has 2 saturated carbocycles. The molecule has 1 aromatic carbocycles. The molecule has 1 unspecified atom stereocenters. The van der Waals surface area contributed by atoms with Crippen LogP contribution in [-0.4, -0.2) is 11.0 Å². The van der Waals surface area contributed by atoms with E-state index in [0.29, 0.717) is 11.6 Å². The number of halogens is 1. The summed E-state index contributed by atoms with van der Waals surface area (Å²) in [5.74, 6) is 0.0742. The van der Waals surface area contributed by atoms with Crippen molar-refractivity contribution in [1.29, 1.82) is 0 Å². The van der Waals surface area contributed by atoms with Gasteiger partial charge in [-0.1, -0.05) is 20.8 Å². The Morgan fingerprint density at radius 1 is 1.38 bits per heavy atom. The van der Waals surface area contributed by atoms with Gasteiger partial charge in [-0.15, -0.1) is 0 Å². The molecule has 0 spiro atoms. The Balaban J connectivity index is 1.96. The van der Waals surface area contributed by atoms with Gasteiger partial charge in [0, 0.05) is 6.04 Å². The molecule has 0 saturated heterocycles. The second-order valence-corrected chi connectivity index (χ2v) is 7.41. The van der Waals surface area contributed by atoms with E-state index in [1.165, 1.54) is 18.6 Å². The zero-order valence-electron chi connectivity index (χ0n) is 12.6. The van der Waals surface area contributed by atoms with Crippen LogP contribution in [-0.2, 0) is 0 Å². The van der Waals surface area contributed by atoms with Crippen molar-refractivity contribution in [2.45, 2.75) is 46.1 Å². The lowest BCUT2D eigenvalue weighted by Gasteiger charge is -2.43. The summed E-state index contributed by atoms with van der Waals surface area (Å²) in [7, 11) is 0. The number of nitrogens with one attached hydrogen (secondary N) is 1. The summed E-state index contributed by atoms with van der Waals surface area (Å²) >= 11 is 0. The van der Waals surface area contributed by atoms with Crippen molar-refractivity contribution in [3.63, 3.8) is 0 Å². The summed E-state index contributed by atoms with van der Waals surface area (Å²) in [6, 6.07) is 3.93. The lowest BCUT2D eigenvalue weighted by molar-refractivity contribution is -0.384. The van der Waals surface area contributed by atoms with Crippen LogP contribution in [0.5, 0.6) is 0 Å². The molecule has 0 radical (unpaired) electrons. The standard InChI is InChI=1S/C16H21FN2O2/c1-15(2)10-6-7-16(3,9-10)14(15)18-12-5-4-11(17)8-13(12)19(20)21/h4-5,8,10,14,18H,6-7,9H2,1-3H3/t10-,14?,16+/m0/s1. The van der Waals surface area contributed by atoms with Crippen molar-refractivity contribution in [2.75, 3.05) is 5.32 Å². The molecule has 2 fully saturated rings. The maximum atomic E-state index is 13.3. The first-order chi connectivity index (χ1) is 9.74. The Hall–Kier alpha value is -1.65. The number of nitro benzene ring substituents is 1. The van der Waals surface area contributed by atoms with E-state index in [2.05, 4.69) is 26.1 Å². The lowest BCUT2D eigenvalue weighted by atomic mass is 9.68. The highest BCUT2D eigenvalue weighted by molar-refractivity contribution is 5.62. The summed E-state index contributed by atoms with van der Waals surface area (Å²) in [6.07, 6.45) is 3.54. The minimum Gasteiger partial charge on any atom is -0.376 e. The molecule has 2 bridgehead atoms. The molecule has 2 aliphatic carbocycles. The molecule has 114 valence electrons. The van der Waals surface area contributed by atoms with Crippen molar-refractivity contribution in [2.24, 2.45) is 16.7 Å². The number of rotatable bonds is 3. The highest BCUT2D eigenvalue weighted by atomic mass is 19.1. The van der Waals surface area contributed by atoms with Gasteiger partial charge in [0.25, 0.3) is 5.69 Å². The van der Waals surface area contributed by atoms with Gasteiger partial charge in [0.2, 0.25) is 0 Å². The number of nitro groups is 1. The number of fused-ring (bicyclic) bond motifs is 2. The van der Waals surface area contributed by atoms with Crippen LogP contribution < -0.4 is 5.32 Å². The second kappa shape index (κ2) is 4.42.